The second-order valence-electron chi connectivity index (χ2n) is 6.55. The maximum atomic E-state index is 11.8. The molecule has 2 heterocycles. The van der Waals surface area contributed by atoms with Crippen LogP contribution in [0.2, 0.25) is 0 Å². The third-order valence-electron chi connectivity index (χ3n) is 4.72. The van der Waals surface area contributed by atoms with Gasteiger partial charge < -0.3 is 10.3 Å². The van der Waals surface area contributed by atoms with Gasteiger partial charge in [-0.25, -0.2) is 4.79 Å². The number of imide groups is 1. The lowest BCUT2D eigenvalue weighted by Crippen LogP contribution is -2.39. The van der Waals surface area contributed by atoms with Gasteiger partial charge in [0.05, 0.1) is 10.1 Å². The van der Waals surface area contributed by atoms with E-state index in [1.807, 2.05) is 11.6 Å². The molecule has 3 amide bonds. The van der Waals surface area contributed by atoms with Crippen molar-refractivity contribution in [1.82, 2.24) is 20.1 Å². The van der Waals surface area contributed by atoms with E-state index in [0.717, 1.165) is 29.5 Å². The topological polar surface area (TPSA) is 103 Å². The standard InChI is InChI=1S/C17H23N5O2S2/c1-4-10-5-6-12-11(7-10)8-13(26-12)14-20-21-17(22(14)3)25-9(2)15(23)19-16(18)24/h8-10H,4-7H2,1-3H3,(H3,18,19,23,24)/t9-,10-/m0/s1. The van der Waals surface area contributed by atoms with Crippen molar-refractivity contribution in [3.63, 3.8) is 0 Å². The van der Waals surface area contributed by atoms with Gasteiger partial charge in [0, 0.05) is 11.9 Å². The Balaban J connectivity index is 1.76. The van der Waals surface area contributed by atoms with Crippen molar-refractivity contribution in [2.75, 3.05) is 0 Å². The molecule has 0 spiro atoms. The molecule has 0 unspecified atom stereocenters. The highest BCUT2D eigenvalue weighted by Crippen LogP contribution is 2.38. The number of hydrogen-bond donors (Lipinski definition) is 2. The molecule has 0 fully saturated rings. The van der Waals surface area contributed by atoms with Crippen LogP contribution < -0.4 is 11.1 Å². The Labute approximate surface area is 160 Å². The van der Waals surface area contributed by atoms with E-state index in [-0.39, 0.29) is 0 Å². The van der Waals surface area contributed by atoms with Crippen LogP contribution in [0.3, 0.4) is 0 Å². The van der Waals surface area contributed by atoms with Gasteiger partial charge in [-0.3, -0.25) is 10.1 Å². The summed E-state index contributed by atoms with van der Waals surface area (Å²) in [7, 11) is 1.89. The molecule has 1 aliphatic carbocycles. The summed E-state index contributed by atoms with van der Waals surface area (Å²) in [4.78, 5) is 25.2. The summed E-state index contributed by atoms with van der Waals surface area (Å²) in [6.45, 7) is 3.96. The van der Waals surface area contributed by atoms with Gasteiger partial charge >= 0.3 is 6.03 Å². The van der Waals surface area contributed by atoms with Crippen LogP contribution in [0.5, 0.6) is 0 Å². The molecule has 3 N–H and O–H groups in total. The first-order chi connectivity index (χ1) is 12.4. The molecule has 1 aliphatic rings. The smallest absolute Gasteiger partial charge is 0.318 e. The van der Waals surface area contributed by atoms with Crippen molar-refractivity contribution in [3.05, 3.63) is 16.5 Å². The number of nitrogens with zero attached hydrogens (tertiary/aromatic N) is 3. The number of nitrogens with two attached hydrogens (primary N) is 1. The predicted octanol–water partition coefficient (Wildman–Crippen LogP) is 2.73. The Morgan fingerprint density at radius 3 is 2.96 bits per heavy atom. The molecular weight excluding hydrogens is 370 g/mol. The fraction of sp³-hybridized carbons (Fsp3) is 0.529. The first-order valence-corrected chi connectivity index (χ1v) is 10.4. The van der Waals surface area contributed by atoms with Gasteiger partial charge in [0.25, 0.3) is 0 Å². The Hall–Kier alpha value is -1.87. The summed E-state index contributed by atoms with van der Waals surface area (Å²) in [6.07, 6.45) is 4.77. The molecule has 0 saturated heterocycles. The fourth-order valence-electron chi connectivity index (χ4n) is 3.12. The Bertz CT molecular complexity index is 829. The Morgan fingerprint density at radius 2 is 2.27 bits per heavy atom. The van der Waals surface area contributed by atoms with E-state index in [1.165, 1.54) is 35.0 Å². The third kappa shape index (κ3) is 3.93. The van der Waals surface area contributed by atoms with E-state index in [0.29, 0.717) is 5.16 Å². The van der Waals surface area contributed by atoms with Crippen molar-refractivity contribution in [3.8, 4) is 10.7 Å². The second kappa shape index (κ2) is 7.79. The number of amides is 3. The van der Waals surface area contributed by atoms with Gasteiger partial charge in [0.1, 0.15) is 0 Å². The quantitative estimate of drug-likeness (QED) is 0.760. The molecule has 2 aromatic heterocycles. The molecular formula is C17H23N5O2S2. The number of hydrogen-bond acceptors (Lipinski definition) is 6. The van der Waals surface area contributed by atoms with Crippen molar-refractivity contribution in [2.24, 2.45) is 18.7 Å². The molecule has 0 bridgehead atoms. The number of aryl methyl sites for hydroxylation is 1. The van der Waals surface area contributed by atoms with Crippen LogP contribution in [0.4, 0.5) is 4.79 Å². The maximum absolute atomic E-state index is 11.8. The molecule has 26 heavy (non-hydrogen) atoms. The molecule has 3 rings (SSSR count). The lowest BCUT2D eigenvalue weighted by molar-refractivity contribution is -0.119. The number of fused-ring (bicyclic) bond motifs is 1. The molecule has 2 atom stereocenters. The van der Waals surface area contributed by atoms with Crippen LogP contribution in [0.1, 0.15) is 37.1 Å². The number of carbonyl (C=O) groups excluding carboxylic acids is 2. The minimum atomic E-state index is -0.851. The molecule has 2 aromatic rings. The third-order valence-corrected chi connectivity index (χ3v) is 7.08. The zero-order chi connectivity index (χ0) is 18.8. The largest absolute Gasteiger partial charge is 0.351 e. The van der Waals surface area contributed by atoms with E-state index >= 15 is 0 Å². The molecule has 0 radical (unpaired) electrons. The lowest BCUT2D eigenvalue weighted by atomic mass is 9.87. The number of thioether (sulfide) groups is 1. The van der Waals surface area contributed by atoms with Gasteiger partial charge in [-0.05, 0) is 43.7 Å². The highest BCUT2D eigenvalue weighted by atomic mass is 32.2. The molecule has 0 aliphatic heterocycles. The summed E-state index contributed by atoms with van der Waals surface area (Å²) in [6, 6.07) is 1.39. The first-order valence-electron chi connectivity index (χ1n) is 8.67. The number of carbonyl (C=O) groups is 2. The number of rotatable bonds is 5. The summed E-state index contributed by atoms with van der Waals surface area (Å²) >= 11 is 3.04. The molecule has 0 saturated carbocycles. The minimum Gasteiger partial charge on any atom is -0.351 e. The molecule has 140 valence electrons. The predicted molar refractivity (Wildman–Crippen MR) is 103 cm³/mol. The fourth-order valence-corrected chi connectivity index (χ4v) is 5.17. The summed E-state index contributed by atoms with van der Waals surface area (Å²) < 4.78 is 1.90. The van der Waals surface area contributed by atoms with E-state index in [1.54, 1.807) is 18.3 Å². The van der Waals surface area contributed by atoms with Gasteiger partial charge in [-0.2, -0.15) is 0 Å². The van der Waals surface area contributed by atoms with Crippen molar-refractivity contribution >= 4 is 35.0 Å². The van der Waals surface area contributed by atoms with Gasteiger partial charge in [0.15, 0.2) is 11.0 Å². The second-order valence-corrected chi connectivity index (χ2v) is 9.00. The van der Waals surface area contributed by atoms with Crippen molar-refractivity contribution in [2.45, 2.75) is 49.9 Å². The summed E-state index contributed by atoms with van der Waals surface area (Å²) in [5.41, 5.74) is 6.43. The van der Waals surface area contributed by atoms with E-state index in [4.69, 9.17) is 5.73 Å². The zero-order valence-corrected chi connectivity index (χ0v) is 16.7. The number of aromatic nitrogens is 3. The van der Waals surface area contributed by atoms with Gasteiger partial charge in [-0.1, -0.05) is 25.1 Å². The number of urea groups is 1. The zero-order valence-electron chi connectivity index (χ0n) is 15.1. The van der Waals surface area contributed by atoms with Crippen LogP contribution >= 0.6 is 23.1 Å². The van der Waals surface area contributed by atoms with Gasteiger partial charge in [0.2, 0.25) is 5.91 Å². The van der Waals surface area contributed by atoms with Crippen LogP contribution in [0.25, 0.3) is 10.7 Å². The summed E-state index contributed by atoms with van der Waals surface area (Å²) in [5.74, 6) is 1.15. The maximum Gasteiger partial charge on any atom is 0.318 e. The highest BCUT2D eigenvalue weighted by Gasteiger charge is 2.24. The Kier molecular flexibility index (Phi) is 5.67. The van der Waals surface area contributed by atoms with Crippen LogP contribution in [-0.4, -0.2) is 32.0 Å². The number of thiophene rings is 1. The van der Waals surface area contributed by atoms with Crippen molar-refractivity contribution in [1.29, 1.82) is 0 Å². The Morgan fingerprint density at radius 1 is 1.50 bits per heavy atom. The normalized spacial score (nSPS) is 17.6. The average molecular weight is 394 g/mol. The first kappa shape index (κ1) is 18.9. The van der Waals surface area contributed by atoms with E-state index < -0.39 is 17.2 Å². The SMILES string of the molecule is CC[C@H]1CCc2sc(-c3nnc(S[C@@H](C)C(=O)NC(N)=O)n3C)cc2C1. The van der Waals surface area contributed by atoms with Gasteiger partial charge in [-0.15, -0.1) is 21.5 Å². The average Bonchev–Trinajstić information content (AvgIpc) is 3.17. The van der Waals surface area contributed by atoms with E-state index in [2.05, 4.69) is 28.5 Å². The molecule has 0 aromatic carbocycles. The molecule has 7 nitrogen and oxygen atoms in total. The molecule has 9 heteroatoms. The number of nitrogens with one attached hydrogen (secondary N) is 1. The number of primary amides is 1. The highest BCUT2D eigenvalue weighted by molar-refractivity contribution is 8.00. The van der Waals surface area contributed by atoms with Crippen LogP contribution in [0, 0.1) is 5.92 Å². The minimum absolute atomic E-state index is 0.441. The van der Waals surface area contributed by atoms with Crippen LogP contribution in [-0.2, 0) is 24.7 Å². The van der Waals surface area contributed by atoms with E-state index in [9.17, 15) is 9.59 Å². The van der Waals surface area contributed by atoms with Crippen molar-refractivity contribution < 1.29 is 9.59 Å². The lowest BCUT2D eigenvalue weighted by Gasteiger charge is -2.19. The summed E-state index contributed by atoms with van der Waals surface area (Å²) in [5, 5.41) is 10.8. The van der Waals surface area contributed by atoms with Crippen LogP contribution in [0.15, 0.2) is 11.2 Å². The monoisotopic (exact) mass is 393 g/mol.